The highest BCUT2D eigenvalue weighted by molar-refractivity contribution is 5.48. The second kappa shape index (κ2) is 5.55. The van der Waals surface area contributed by atoms with E-state index in [0.29, 0.717) is 0 Å². The lowest BCUT2D eigenvalue weighted by molar-refractivity contribution is 0.197. The first kappa shape index (κ1) is 12.4. The SMILES string of the molecule is COCCNC1c2ccccc2Cc2ccccc21. The lowest BCUT2D eigenvalue weighted by Gasteiger charge is -2.29. The van der Waals surface area contributed by atoms with E-state index in [1.165, 1.54) is 22.3 Å². The van der Waals surface area contributed by atoms with Crippen molar-refractivity contribution in [3.05, 3.63) is 70.8 Å². The standard InChI is InChI=1S/C17H19NO/c1-19-11-10-18-17-15-8-4-2-6-13(15)12-14-7-3-5-9-16(14)17/h2-9,17-18H,10-12H2,1H3. The van der Waals surface area contributed by atoms with Gasteiger partial charge < -0.3 is 10.1 Å². The third-order valence-electron chi connectivity index (χ3n) is 3.77. The maximum atomic E-state index is 5.15. The number of rotatable bonds is 4. The Balaban J connectivity index is 1.96. The molecular weight excluding hydrogens is 234 g/mol. The Morgan fingerprint density at radius 2 is 1.58 bits per heavy atom. The van der Waals surface area contributed by atoms with E-state index in [1.807, 2.05) is 0 Å². The molecule has 0 unspecified atom stereocenters. The minimum atomic E-state index is 0.288. The molecule has 0 aliphatic heterocycles. The van der Waals surface area contributed by atoms with Crippen LogP contribution in [0.5, 0.6) is 0 Å². The van der Waals surface area contributed by atoms with Crippen LogP contribution in [0.25, 0.3) is 0 Å². The summed E-state index contributed by atoms with van der Waals surface area (Å²) in [6.45, 7) is 1.60. The Bertz CT molecular complexity index is 519. The lowest BCUT2D eigenvalue weighted by Crippen LogP contribution is -2.29. The maximum absolute atomic E-state index is 5.15. The predicted octanol–water partition coefficient (Wildman–Crippen LogP) is 2.92. The van der Waals surface area contributed by atoms with Gasteiger partial charge in [0.2, 0.25) is 0 Å². The van der Waals surface area contributed by atoms with Gasteiger partial charge in [-0.05, 0) is 28.7 Å². The summed E-state index contributed by atoms with van der Waals surface area (Å²) in [4.78, 5) is 0. The van der Waals surface area contributed by atoms with Crippen molar-refractivity contribution in [3.63, 3.8) is 0 Å². The van der Waals surface area contributed by atoms with Gasteiger partial charge in [-0.25, -0.2) is 0 Å². The van der Waals surface area contributed by atoms with Gasteiger partial charge >= 0.3 is 0 Å². The molecule has 1 aliphatic rings. The van der Waals surface area contributed by atoms with Crippen LogP contribution in [0.15, 0.2) is 48.5 Å². The Morgan fingerprint density at radius 3 is 2.16 bits per heavy atom. The van der Waals surface area contributed by atoms with Gasteiger partial charge in [-0.15, -0.1) is 0 Å². The van der Waals surface area contributed by atoms with Crippen LogP contribution in [0, 0.1) is 0 Å². The predicted molar refractivity (Wildman–Crippen MR) is 77.4 cm³/mol. The first-order valence-electron chi connectivity index (χ1n) is 6.78. The fourth-order valence-corrected chi connectivity index (χ4v) is 2.85. The molecule has 0 saturated carbocycles. The average Bonchev–Trinajstić information content (AvgIpc) is 2.46. The largest absolute Gasteiger partial charge is 0.383 e. The van der Waals surface area contributed by atoms with E-state index in [-0.39, 0.29) is 6.04 Å². The minimum absolute atomic E-state index is 0.288. The Hall–Kier alpha value is -1.64. The summed E-state index contributed by atoms with van der Waals surface area (Å²) in [6, 6.07) is 17.7. The van der Waals surface area contributed by atoms with Gasteiger partial charge in [0.25, 0.3) is 0 Å². The summed E-state index contributed by atoms with van der Waals surface area (Å²) in [6.07, 6.45) is 1.04. The van der Waals surface area contributed by atoms with E-state index in [4.69, 9.17) is 4.74 Å². The number of ether oxygens (including phenoxy) is 1. The van der Waals surface area contributed by atoms with Gasteiger partial charge in [-0.1, -0.05) is 48.5 Å². The number of hydrogen-bond donors (Lipinski definition) is 1. The maximum Gasteiger partial charge on any atom is 0.0587 e. The van der Waals surface area contributed by atoms with Crippen molar-refractivity contribution in [1.82, 2.24) is 5.32 Å². The van der Waals surface area contributed by atoms with Crippen molar-refractivity contribution < 1.29 is 4.74 Å². The normalized spacial score (nSPS) is 13.9. The molecule has 0 fully saturated rings. The first-order valence-corrected chi connectivity index (χ1v) is 6.78. The summed E-state index contributed by atoms with van der Waals surface area (Å²) in [5.41, 5.74) is 5.65. The van der Waals surface area contributed by atoms with Crippen LogP contribution in [0.3, 0.4) is 0 Å². The van der Waals surface area contributed by atoms with Crippen LogP contribution >= 0.6 is 0 Å². The Kier molecular flexibility index (Phi) is 3.62. The van der Waals surface area contributed by atoms with Gasteiger partial charge in [0.05, 0.1) is 12.6 Å². The molecule has 0 atom stereocenters. The van der Waals surface area contributed by atoms with Crippen molar-refractivity contribution in [3.8, 4) is 0 Å². The van der Waals surface area contributed by atoms with Crippen molar-refractivity contribution in [1.29, 1.82) is 0 Å². The Morgan fingerprint density at radius 1 is 1.00 bits per heavy atom. The van der Waals surface area contributed by atoms with E-state index in [1.54, 1.807) is 7.11 Å². The second-order valence-corrected chi connectivity index (χ2v) is 4.95. The topological polar surface area (TPSA) is 21.3 Å². The molecule has 0 spiro atoms. The van der Waals surface area contributed by atoms with Crippen LogP contribution in [-0.2, 0) is 11.2 Å². The number of nitrogens with one attached hydrogen (secondary N) is 1. The summed E-state index contributed by atoms with van der Waals surface area (Å²) in [5, 5.41) is 3.61. The highest BCUT2D eigenvalue weighted by atomic mass is 16.5. The molecule has 2 nitrogen and oxygen atoms in total. The first-order chi connectivity index (χ1) is 9.40. The van der Waals surface area contributed by atoms with Crippen LogP contribution in [0.1, 0.15) is 28.3 Å². The minimum Gasteiger partial charge on any atom is -0.383 e. The van der Waals surface area contributed by atoms with Crippen molar-refractivity contribution in [2.24, 2.45) is 0 Å². The molecule has 2 heteroatoms. The number of methoxy groups -OCH3 is 1. The number of hydrogen-bond acceptors (Lipinski definition) is 2. The lowest BCUT2D eigenvalue weighted by atomic mass is 9.82. The number of benzene rings is 2. The van der Waals surface area contributed by atoms with E-state index < -0.39 is 0 Å². The quantitative estimate of drug-likeness (QED) is 0.846. The van der Waals surface area contributed by atoms with E-state index in [0.717, 1.165) is 19.6 Å². The monoisotopic (exact) mass is 253 g/mol. The molecular formula is C17H19NO. The van der Waals surface area contributed by atoms with Crippen molar-refractivity contribution in [2.75, 3.05) is 20.3 Å². The zero-order chi connectivity index (χ0) is 13.1. The van der Waals surface area contributed by atoms with E-state index in [9.17, 15) is 0 Å². The Labute approximate surface area is 114 Å². The molecule has 1 aliphatic carbocycles. The fraction of sp³-hybridized carbons (Fsp3) is 0.294. The van der Waals surface area contributed by atoms with Crippen LogP contribution in [-0.4, -0.2) is 20.3 Å². The average molecular weight is 253 g/mol. The van der Waals surface area contributed by atoms with E-state index in [2.05, 4.69) is 53.8 Å². The summed E-state index contributed by atoms with van der Waals surface area (Å²) < 4.78 is 5.15. The third-order valence-corrected chi connectivity index (χ3v) is 3.77. The highest BCUT2D eigenvalue weighted by Crippen LogP contribution is 2.34. The van der Waals surface area contributed by atoms with Gasteiger partial charge in [0, 0.05) is 13.7 Å². The summed E-state index contributed by atoms with van der Waals surface area (Å²) >= 11 is 0. The molecule has 2 aromatic carbocycles. The molecule has 98 valence electrons. The number of fused-ring (bicyclic) bond motifs is 2. The smallest absolute Gasteiger partial charge is 0.0587 e. The molecule has 0 bridgehead atoms. The summed E-state index contributed by atoms with van der Waals surface area (Å²) in [7, 11) is 1.74. The van der Waals surface area contributed by atoms with E-state index >= 15 is 0 Å². The van der Waals surface area contributed by atoms with Crippen LogP contribution < -0.4 is 5.32 Å². The molecule has 0 amide bonds. The molecule has 0 radical (unpaired) electrons. The third kappa shape index (κ3) is 2.42. The van der Waals surface area contributed by atoms with Crippen LogP contribution in [0.2, 0.25) is 0 Å². The summed E-state index contributed by atoms with van der Waals surface area (Å²) in [5.74, 6) is 0. The molecule has 0 aromatic heterocycles. The second-order valence-electron chi connectivity index (χ2n) is 4.95. The van der Waals surface area contributed by atoms with Gasteiger partial charge in [0.15, 0.2) is 0 Å². The zero-order valence-corrected chi connectivity index (χ0v) is 11.2. The molecule has 0 heterocycles. The molecule has 19 heavy (non-hydrogen) atoms. The van der Waals surface area contributed by atoms with Gasteiger partial charge in [-0.3, -0.25) is 0 Å². The highest BCUT2D eigenvalue weighted by Gasteiger charge is 2.23. The fourth-order valence-electron chi connectivity index (χ4n) is 2.85. The zero-order valence-electron chi connectivity index (χ0n) is 11.2. The molecule has 1 N–H and O–H groups in total. The molecule has 0 saturated heterocycles. The van der Waals surface area contributed by atoms with Gasteiger partial charge in [-0.2, -0.15) is 0 Å². The van der Waals surface area contributed by atoms with Crippen molar-refractivity contribution in [2.45, 2.75) is 12.5 Å². The van der Waals surface area contributed by atoms with Crippen molar-refractivity contribution >= 4 is 0 Å². The van der Waals surface area contributed by atoms with Crippen LogP contribution in [0.4, 0.5) is 0 Å². The molecule has 2 aromatic rings. The molecule has 3 rings (SSSR count). The van der Waals surface area contributed by atoms with Gasteiger partial charge in [0.1, 0.15) is 0 Å².